The topological polar surface area (TPSA) is 51.8 Å². The maximum absolute atomic E-state index is 6.71. The fourth-order valence-corrected chi connectivity index (χ4v) is 7.40. The number of furan rings is 1. The number of hydrogen-bond donors (Lipinski definition) is 0. The van der Waals surface area contributed by atoms with Gasteiger partial charge in [-0.25, -0.2) is 0 Å². The second-order valence-electron chi connectivity index (χ2n) is 14.1. The first kappa shape index (κ1) is 37.4. The van der Waals surface area contributed by atoms with Crippen LogP contribution < -0.4 is 0 Å². The Morgan fingerprint density at radius 1 is 0.526 bits per heavy atom. The molecule has 277 valence electrons. The Balaban J connectivity index is 0.000000185. The summed E-state index contributed by atoms with van der Waals surface area (Å²) in [5.74, 6) is 0. The molecule has 0 aliphatic heterocycles. The molecule has 4 heterocycles. The van der Waals surface area contributed by atoms with Crippen LogP contribution in [0.2, 0.25) is 0 Å². The zero-order valence-electron chi connectivity index (χ0n) is 31.7. The van der Waals surface area contributed by atoms with Gasteiger partial charge in [0, 0.05) is 61.2 Å². The molecular formula is C52H37IrN3O-2. The molecular weight excluding hydrogens is 875 g/mol. The van der Waals surface area contributed by atoms with Crippen LogP contribution in [0.15, 0.2) is 175 Å². The summed E-state index contributed by atoms with van der Waals surface area (Å²) in [7, 11) is 0. The zero-order chi connectivity index (χ0) is 38.0. The van der Waals surface area contributed by atoms with E-state index in [-0.39, 0.29) is 20.1 Å². The molecule has 6 aromatic carbocycles. The summed E-state index contributed by atoms with van der Waals surface area (Å²) >= 11 is 0. The van der Waals surface area contributed by atoms with Crippen LogP contribution in [0.1, 0.15) is 16.7 Å². The summed E-state index contributed by atoms with van der Waals surface area (Å²) in [5.41, 5.74) is 15.9. The molecule has 0 aliphatic rings. The van der Waals surface area contributed by atoms with E-state index in [0.717, 1.165) is 83.0 Å². The van der Waals surface area contributed by atoms with Crippen molar-refractivity contribution in [2.45, 2.75) is 20.8 Å². The number of fused-ring (bicyclic) bond motifs is 4. The summed E-state index contributed by atoms with van der Waals surface area (Å²) in [6, 6.07) is 56.7. The van der Waals surface area contributed by atoms with Crippen LogP contribution in [0.3, 0.4) is 0 Å². The van der Waals surface area contributed by atoms with Gasteiger partial charge in [-0.05, 0) is 81.7 Å². The maximum atomic E-state index is 6.71. The van der Waals surface area contributed by atoms with E-state index >= 15 is 0 Å². The molecule has 0 amide bonds. The van der Waals surface area contributed by atoms with Crippen molar-refractivity contribution in [2.24, 2.45) is 0 Å². The average molecular weight is 912 g/mol. The third-order valence-corrected chi connectivity index (χ3v) is 10.3. The molecule has 4 nitrogen and oxygen atoms in total. The summed E-state index contributed by atoms with van der Waals surface area (Å²) in [6.07, 6.45) is 7.56. The molecule has 0 atom stereocenters. The van der Waals surface area contributed by atoms with Gasteiger partial charge < -0.3 is 14.4 Å². The van der Waals surface area contributed by atoms with Crippen LogP contribution in [0.25, 0.3) is 88.6 Å². The van der Waals surface area contributed by atoms with Gasteiger partial charge in [-0.1, -0.05) is 121 Å². The smallest absolute Gasteiger partial charge is 0.129 e. The number of rotatable bonds is 5. The van der Waals surface area contributed by atoms with E-state index < -0.39 is 0 Å². The van der Waals surface area contributed by atoms with E-state index in [9.17, 15) is 0 Å². The largest absolute Gasteiger partial charge is 0.500 e. The Bertz CT molecular complexity index is 2990. The van der Waals surface area contributed by atoms with E-state index in [1.807, 2.05) is 73.3 Å². The van der Waals surface area contributed by atoms with Crippen molar-refractivity contribution in [1.29, 1.82) is 0 Å². The summed E-state index contributed by atoms with van der Waals surface area (Å²) in [4.78, 5) is 13.6. The number of aryl methyl sites for hydroxylation is 3. The molecule has 10 aromatic rings. The average Bonchev–Trinajstić information content (AvgIpc) is 3.64. The number of nitrogens with zero attached hydrogens (tertiary/aromatic N) is 3. The fraction of sp³-hybridized carbons (Fsp3) is 0.0577. The second-order valence-corrected chi connectivity index (χ2v) is 14.1. The minimum atomic E-state index is 0. The third-order valence-electron chi connectivity index (χ3n) is 10.3. The molecule has 0 spiro atoms. The number of aromatic nitrogens is 3. The maximum Gasteiger partial charge on any atom is 0.129 e. The SMILES string of the molecule is Cc1c[c-]c(-c2cc(-c3ccccc3)c(C)cn2)cc1.Cc1ccc2c(oc3c(-c4cc(-c5ccccc5)ccn4)[c-]ccc32)c1-c1cccc2ccncc12.[Ir]. The van der Waals surface area contributed by atoms with E-state index in [4.69, 9.17) is 9.40 Å². The van der Waals surface area contributed by atoms with Gasteiger partial charge in [-0.2, -0.15) is 0 Å². The van der Waals surface area contributed by atoms with Gasteiger partial charge in [-0.15, -0.1) is 53.6 Å². The van der Waals surface area contributed by atoms with Crippen LogP contribution in [0.5, 0.6) is 0 Å². The van der Waals surface area contributed by atoms with Gasteiger partial charge >= 0.3 is 0 Å². The van der Waals surface area contributed by atoms with E-state index in [2.05, 4.69) is 140 Å². The van der Waals surface area contributed by atoms with Crippen LogP contribution in [-0.2, 0) is 20.1 Å². The molecule has 0 saturated heterocycles. The van der Waals surface area contributed by atoms with Crippen molar-refractivity contribution < 1.29 is 24.5 Å². The van der Waals surface area contributed by atoms with E-state index in [1.165, 1.54) is 22.3 Å². The third kappa shape index (κ3) is 7.44. The molecule has 0 unspecified atom stereocenters. The fourth-order valence-electron chi connectivity index (χ4n) is 7.40. The monoisotopic (exact) mass is 912 g/mol. The van der Waals surface area contributed by atoms with E-state index in [0.29, 0.717) is 0 Å². The van der Waals surface area contributed by atoms with Crippen molar-refractivity contribution in [3.63, 3.8) is 0 Å². The Kier molecular flexibility index (Phi) is 10.7. The number of hydrogen-bond acceptors (Lipinski definition) is 4. The molecule has 4 aromatic heterocycles. The number of pyridine rings is 3. The minimum absolute atomic E-state index is 0. The zero-order valence-corrected chi connectivity index (χ0v) is 34.1. The first-order chi connectivity index (χ1) is 27.5. The normalized spacial score (nSPS) is 10.9. The Hall–Kier alpha value is -6.52. The predicted octanol–water partition coefficient (Wildman–Crippen LogP) is 13.5. The quantitative estimate of drug-likeness (QED) is 0.161. The Morgan fingerprint density at radius 2 is 1.32 bits per heavy atom. The first-order valence-corrected chi connectivity index (χ1v) is 18.7. The summed E-state index contributed by atoms with van der Waals surface area (Å²) in [6.45, 7) is 6.30. The van der Waals surface area contributed by atoms with Crippen molar-refractivity contribution in [1.82, 2.24) is 15.0 Å². The molecule has 1 radical (unpaired) electrons. The van der Waals surface area contributed by atoms with Gasteiger partial charge in [0.15, 0.2) is 0 Å². The van der Waals surface area contributed by atoms with Gasteiger partial charge in [0.05, 0.1) is 5.58 Å². The number of benzene rings is 6. The second kappa shape index (κ2) is 16.3. The van der Waals surface area contributed by atoms with Crippen molar-refractivity contribution >= 4 is 32.7 Å². The predicted molar refractivity (Wildman–Crippen MR) is 230 cm³/mol. The van der Waals surface area contributed by atoms with Crippen molar-refractivity contribution in [3.8, 4) is 55.9 Å². The van der Waals surface area contributed by atoms with Crippen molar-refractivity contribution in [2.75, 3.05) is 0 Å². The Labute approximate surface area is 346 Å². The van der Waals surface area contributed by atoms with Crippen LogP contribution in [-0.4, -0.2) is 15.0 Å². The molecule has 5 heteroatoms. The van der Waals surface area contributed by atoms with Gasteiger partial charge in [0.25, 0.3) is 0 Å². The van der Waals surface area contributed by atoms with Gasteiger partial charge in [0.2, 0.25) is 0 Å². The molecule has 57 heavy (non-hydrogen) atoms. The summed E-state index contributed by atoms with van der Waals surface area (Å²) in [5, 5.41) is 4.41. The van der Waals surface area contributed by atoms with Crippen LogP contribution in [0, 0.1) is 32.9 Å². The van der Waals surface area contributed by atoms with Gasteiger partial charge in [-0.3, -0.25) is 4.98 Å². The molecule has 0 aliphatic carbocycles. The standard InChI is InChI=1S/C33H21N2O.C19H16N.Ir/c1-21-13-14-27-26-11-6-12-28(30-19-24(16-18-35-30)22-7-3-2-4-8-22)32(26)36-33(27)31(21)25-10-5-9-23-15-17-34-20-29(23)25;1-14-8-10-17(11-9-14)19-12-18(15(2)13-20-19)16-6-4-3-5-7-16;/h2-11,13-20H,1H3;3-10,12-13H,1-2H3;/q2*-1;. The minimum Gasteiger partial charge on any atom is -0.500 e. The Morgan fingerprint density at radius 3 is 2.11 bits per heavy atom. The van der Waals surface area contributed by atoms with Crippen LogP contribution >= 0.6 is 0 Å². The van der Waals surface area contributed by atoms with Crippen molar-refractivity contribution in [3.05, 3.63) is 199 Å². The molecule has 0 N–H and O–H groups in total. The molecule has 0 saturated carbocycles. The van der Waals surface area contributed by atoms with E-state index in [1.54, 1.807) is 0 Å². The summed E-state index contributed by atoms with van der Waals surface area (Å²) < 4.78 is 6.71. The molecule has 10 rings (SSSR count). The molecule has 0 bridgehead atoms. The van der Waals surface area contributed by atoms with Gasteiger partial charge in [0.1, 0.15) is 5.58 Å². The van der Waals surface area contributed by atoms with Crippen LogP contribution in [0.4, 0.5) is 0 Å². The molecule has 0 fully saturated rings. The first-order valence-electron chi connectivity index (χ1n) is 18.7.